The van der Waals surface area contributed by atoms with Gasteiger partial charge in [-0.05, 0) is 12.1 Å². The van der Waals surface area contributed by atoms with Crippen molar-refractivity contribution >= 4 is 5.97 Å². The van der Waals surface area contributed by atoms with Crippen LogP contribution in [0, 0.1) is 0 Å². The number of benzene rings is 2. The van der Waals surface area contributed by atoms with Gasteiger partial charge in [0.25, 0.3) is 0 Å². The first-order valence-electron chi connectivity index (χ1n) is 5.89. The largest absolute Gasteiger partial charge is 0.493 e. The zero-order valence-electron chi connectivity index (χ0n) is 10.3. The van der Waals surface area contributed by atoms with Crippen molar-refractivity contribution in [2.24, 2.45) is 0 Å². The molecule has 0 aromatic heterocycles. The van der Waals surface area contributed by atoms with E-state index in [1.54, 1.807) is 30.3 Å². The Bertz CT molecular complexity index is 648. The molecule has 0 fully saturated rings. The van der Waals surface area contributed by atoms with Gasteiger partial charge in [-0.2, -0.15) is 0 Å². The van der Waals surface area contributed by atoms with E-state index >= 15 is 0 Å². The Labute approximate surface area is 110 Å². The molecule has 1 heterocycles. The summed E-state index contributed by atoms with van der Waals surface area (Å²) in [5.41, 5.74) is 1.28. The van der Waals surface area contributed by atoms with E-state index in [2.05, 4.69) is 0 Å². The van der Waals surface area contributed by atoms with Crippen LogP contribution in [-0.2, 0) is 4.79 Å². The molecular weight excluding hydrogens is 244 g/mol. The Morgan fingerprint density at radius 2 is 1.89 bits per heavy atom. The normalized spacial score (nSPS) is 15.9. The van der Waals surface area contributed by atoms with Crippen LogP contribution in [0.5, 0.6) is 17.2 Å². The van der Waals surface area contributed by atoms with Crippen LogP contribution in [0.25, 0.3) is 0 Å². The average molecular weight is 256 g/mol. The molecule has 0 amide bonds. The Kier molecular flexibility index (Phi) is 2.63. The van der Waals surface area contributed by atoms with Gasteiger partial charge in [0.05, 0.1) is 7.11 Å². The maximum atomic E-state index is 11.6. The number of para-hydroxylation sites is 2. The fourth-order valence-electron chi connectivity index (χ4n) is 2.39. The number of hydrogen-bond acceptors (Lipinski definition) is 3. The molecule has 1 aliphatic rings. The van der Waals surface area contributed by atoms with Crippen LogP contribution >= 0.6 is 0 Å². The number of carbonyl (C=O) groups is 1. The number of methoxy groups -OCH3 is 1. The number of ether oxygens (including phenoxy) is 2. The highest BCUT2D eigenvalue weighted by Gasteiger charge is 2.33. The molecular formula is C15H12O4. The van der Waals surface area contributed by atoms with Crippen LogP contribution in [-0.4, -0.2) is 18.2 Å². The minimum Gasteiger partial charge on any atom is -0.493 e. The molecule has 19 heavy (non-hydrogen) atoms. The molecule has 0 saturated carbocycles. The summed E-state index contributed by atoms with van der Waals surface area (Å²) < 4.78 is 11.0. The van der Waals surface area contributed by atoms with Gasteiger partial charge < -0.3 is 14.6 Å². The third-order valence-corrected chi connectivity index (χ3v) is 3.23. The van der Waals surface area contributed by atoms with Crippen molar-refractivity contribution in [3.63, 3.8) is 0 Å². The van der Waals surface area contributed by atoms with Gasteiger partial charge in [-0.3, -0.25) is 4.79 Å². The number of carboxylic acid groups (broad SMARTS) is 1. The molecule has 4 nitrogen and oxygen atoms in total. The smallest absolute Gasteiger partial charge is 0.315 e. The van der Waals surface area contributed by atoms with Gasteiger partial charge in [-0.15, -0.1) is 0 Å². The van der Waals surface area contributed by atoms with Crippen LogP contribution in [0.4, 0.5) is 0 Å². The van der Waals surface area contributed by atoms with Crippen molar-refractivity contribution < 1.29 is 19.4 Å². The lowest BCUT2D eigenvalue weighted by molar-refractivity contribution is -0.137. The highest BCUT2D eigenvalue weighted by molar-refractivity contribution is 5.84. The topological polar surface area (TPSA) is 55.8 Å². The number of hydrogen-bond donors (Lipinski definition) is 1. The van der Waals surface area contributed by atoms with E-state index in [4.69, 9.17) is 9.47 Å². The fourth-order valence-corrected chi connectivity index (χ4v) is 2.39. The molecule has 3 rings (SSSR count). The molecule has 96 valence electrons. The minimum absolute atomic E-state index is 0.483. The first kappa shape index (κ1) is 11.6. The number of rotatable bonds is 2. The number of aliphatic carboxylic acids is 1. The lowest BCUT2D eigenvalue weighted by Crippen LogP contribution is -2.18. The quantitative estimate of drug-likeness (QED) is 0.897. The lowest BCUT2D eigenvalue weighted by atomic mass is 9.88. The highest BCUT2D eigenvalue weighted by atomic mass is 16.5. The predicted molar refractivity (Wildman–Crippen MR) is 69.0 cm³/mol. The van der Waals surface area contributed by atoms with E-state index in [-0.39, 0.29) is 0 Å². The van der Waals surface area contributed by atoms with Crippen molar-refractivity contribution in [2.45, 2.75) is 5.92 Å². The maximum absolute atomic E-state index is 11.6. The second kappa shape index (κ2) is 4.31. The van der Waals surface area contributed by atoms with Gasteiger partial charge in [0.15, 0.2) is 11.5 Å². The number of fused-ring (bicyclic) bond motifs is 2. The van der Waals surface area contributed by atoms with Gasteiger partial charge in [-0.1, -0.05) is 30.3 Å². The summed E-state index contributed by atoms with van der Waals surface area (Å²) in [4.78, 5) is 11.6. The van der Waals surface area contributed by atoms with Crippen molar-refractivity contribution in [2.75, 3.05) is 7.11 Å². The van der Waals surface area contributed by atoms with E-state index in [1.165, 1.54) is 7.11 Å². The molecule has 1 aliphatic heterocycles. The summed E-state index contributed by atoms with van der Waals surface area (Å²) in [5.74, 6) is -0.0402. The molecule has 2 aromatic carbocycles. The third-order valence-electron chi connectivity index (χ3n) is 3.23. The van der Waals surface area contributed by atoms with Gasteiger partial charge >= 0.3 is 5.97 Å². The monoisotopic (exact) mass is 256 g/mol. The van der Waals surface area contributed by atoms with E-state index in [9.17, 15) is 9.90 Å². The minimum atomic E-state index is -0.898. The maximum Gasteiger partial charge on any atom is 0.315 e. The second-order valence-electron chi connectivity index (χ2n) is 4.29. The van der Waals surface area contributed by atoms with E-state index < -0.39 is 11.9 Å². The van der Waals surface area contributed by atoms with Crippen LogP contribution < -0.4 is 9.47 Å². The molecule has 0 spiro atoms. The van der Waals surface area contributed by atoms with Gasteiger partial charge in [-0.25, -0.2) is 0 Å². The number of carboxylic acids is 1. The summed E-state index contributed by atoms with van der Waals surface area (Å²) in [6, 6.07) is 12.4. The molecule has 1 unspecified atom stereocenters. The van der Waals surface area contributed by atoms with Crippen LogP contribution in [0.15, 0.2) is 42.5 Å². The van der Waals surface area contributed by atoms with Crippen LogP contribution in [0.2, 0.25) is 0 Å². The van der Waals surface area contributed by atoms with Crippen LogP contribution in [0.1, 0.15) is 17.0 Å². The third kappa shape index (κ3) is 1.73. The molecule has 0 saturated heterocycles. The summed E-state index contributed by atoms with van der Waals surface area (Å²) in [6.45, 7) is 0. The van der Waals surface area contributed by atoms with Gasteiger partial charge in [0.2, 0.25) is 0 Å². The Hall–Kier alpha value is -2.49. The Morgan fingerprint density at radius 3 is 2.63 bits per heavy atom. The van der Waals surface area contributed by atoms with E-state index in [0.717, 1.165) is 0 Å². The standard InChI is InChI=1S/C15H12O4/c1-18-12-8-4-6-10-13(15(16)17)9-5-2-3-7-11(9)19-14(10)12/h2-8,13H,1H3,(H,16,17). The van der Waals surface area contributed by atoms with E-state index in [1.807, 2.05) is 12.1 Å². The zero-order chi connectivity index (χ0) is 13.4. The summed E-state index contributed by atoms with van der Waals surface area (Å²) in [5, 5.41) is 9.50. The summed E-state index contributed by atoms with van der Waals surface area (Å²) >= 11 is 0. The average Bonchev–Trinajstić information content (AvgIpc) is 2.43. The van der Waals surface area contributed by atoms with Gasteiger partial charge in [0.1, 0.15) is 11.7 Å². The molecule has 0 aliphatic carbocycles. The SMILES string of the molecule is COc1cccc2c1Oc1ccccc1C2C(=O)O. The molecule has 1 atom stereocenters. The van der Waals surface area contributed by atoms with E-state index in [0.29, 0.717) is 28.4 Å². The van der Waals surface area contributed by atoms with Crippen molar-refractivity contribution in [1.29, 1.82) is 0 Å². The lowest BCUT2D eigenvalue weighted by Gasteiger charge is -2.26. The molecule has 0 radical (unpaired) electrons. The van der Waals surface area contributed by atoms with Crippen molar-refractivity contribution in [1.82, 2.24) is 0 Å². The zero-order valence-corrected chi connectivity index (χ0v) is 10.3. The van der Waals surface area contributed by atoms with Crippen LogP contribution in [0.3, 0.4) is 0 Å². The summed E-state index contributed by atoms with van der Waals surface area (Å²) in [6.07, 6.45) is 0. The Morgan fingerprint density at radius 1 is 1.16 bits per heavy atom. The predicted octanol–water partition coefficient (Wildman–Crippen LogP) is 3.02. The first-order chi connectivity index (χ1) is 9.22. The second-order valence-corrected chi connectivity index (χ2v) is 4.29. The highest BCUT2D eigenvalue weighted by Crippen LogP contribution is 2.48. The summed E-state index contributed by atoms with van der Waals surface area (Å²) in [7, 11) is 1.54. The molecule has 0 bridgehead atoms. The molecule has 4 heteroatoms. The molecule has 1 N–H and O–H groups in total. The molecule has 2 aromatic rings. The van der Waals surface area contributed by atoms with Crippen molar-refractivity contribution in [3.8, 4) is 17.2 Å². The fraction of sp³-hybridized carbons (Fsp3) is 0.133. The van der Waals surface area contributed by atoms with Crippen molar-refractivity contribution in [3.05, 3.63) is 53.6 Å². The van der Waals surface area contributed by atoms with Gasteiger partial charge in [0, 0.05) is 11.1 Å². The first-order valence-corrected chi connectivity index (χ1v) is 5.89. The Balaban J connectivity index is 2.25.